The Bertz CT molecular complexity index is 1590. The Morgan fingerprint density at radius 3 is 2.31 bits per heavy atom. The molecule has 0 bridgehead atoms. The maximum Gasteiger partial charge on any atom is 0.410 e. The molecule has 13 heteroatoms. The summed E-state index contributed by atoms with van der Waals surface area (Å²) in [6.07, 6.45) is 2.80. The van der Waals surface area contributed by atoms with Crippen molar-refractivity contribution in [3.8, 4) is 22.6 Å². The van der Waals surface area contributed by atoms with Gasteiger partial charge in [0.1, 0.15) is 22.7 Å². The van der Waals surface area contributed by atoms with Gasteiger partial charge in [0.2, 0.25) is 15.0 Å². The molecule has 1 saturated heterocycles. The smallest absolute Gasteiger partial charge is 0.410 e. The SMILES string of the molecule is COc1cc(OC)c(Cl)c(-c2cc3cnc(S(C)(=O)=O)nc3n(C3CCN(C(=O)OC(C)(C)C)CC3)c2=O)c1. The minimum absolute atomic E-state index is 0.181. The average Bonchev–Trinajstić information content (AvgIpc) is 2.87. The zero-order chi connectivity index (χ0) is 28.7. The lowest BCUT2D eigenvalue weighted by molar-refractivity contribution is 0.0188. The molecule has 1 amide bonds. The van der Waals surface area contributed by atoms with E-state index < -0.39 is 27.1 Å². The number of hydrogen-bond donors (Lipinski definition) is 0. The van der Waals surface area contributed by atoms with E-state index in [1.807, 2.05) is 0 Å². The van der Waals surface area contributed by atoms with Gasteiger partial charge in [-0.1, -0.05) is 11.6 Å². The number of halogens is 1. The summed E-state index contributed by atoms with van der Waals surface area (Å²) < 4.78 is 42.2. The summed E-state index contributed by atoms with van der Waals surface area (Å²) in [5.41, 5.74) is -0.248. The van der Waals surface area contributed by atoms with Crippen molar-refractivity contribution in [2.24, 2.45) is 0 Å². The van der Waals surface area contributed by atoms with E-state index in [1.165, 1.54) is 25.0 Å². The molecule has 11 nitrogen and oxygen atoms in total. The lowest BCUT2D eigenvalue weighted by Crippen LogP contribution is -2.43. The molecule has 0 atom stereocenters. The predicted molar refractivity (Wildman–Crippen MR) is 147 cm³/mol. The number of fused-ring (bicyclic) bond motifs is 1. The van der Waals surface area contributed by atoms with E-state index in [1.54, 1.807) is 43.9 Å². The van der Waals surface area contributed by atoms with Crippen LogP contribution in [-0.4, -0.2) is 73.1 Å². The fourth-order valence-corrected chi connectivity index (χ4v) is 5.27. The molecule has 3 aromatic rings. The molecule has 210 valence electrons. The second kappa shape index (κ2) is 10.6. The van der Waals surface area contributed by atoms with Crippen LogP contribution >= 0.6 is 11.6 Å². The summed E-state index contributed by atoms with van der Waals surface area (Å²) in [6.45, 7) is 6.08. The first-order chi connectivity index (χ1) is 18.2. The van der Waals surface area contributed by atoms with Crippen LogP contribution in [0.4, 0.5) is 4.79 Å². The Balaban J connectivity index is 1.87. The van der Waals surface area contributed by atoms with Crippen molar-refractivity contribution in [1.29, 1.82) is 0 Å². The van der Waals surface area contributed by atoms with Gasteiger partial charge in [0.05, 0.1) is 19.2 Å². The first-order valence-corrected chi connectivity index (χ1v) is 14.5. The van der Waals surface area contributed by atoms with Crippen LogP contribution in [0.1, 0.15) is 39.7 Å². The first kappa shape index (κ1) is 28.6. The first-order valence-electron chi connectivity index (χ1n) is 12.3. The number of aromatic nitrogens is 3. The summed E-state index contributed by atoms with van der Waals surface area (Å²) in [7, 11) is -0.790. The molecule has 1 aliphatic heterocycles. The molecule has 39 heavy (non-hydrogen) atoms. The van der Waals surface area contributed by atoms with E-state index in [2.05, 4.69) is 9.97 Å². The van der Waals surface area contributed by atoms with Gasteiger partial charge in [0, 0.05) is 54.2 Å². The van der Waals surface area contributed by atoms with Crippen LogP contribution < -0.4 is 15.0 Å². The summed E-state index contributed by atoms with van der Waals surface area (Å²) >= 11 is 6.63. The largest absolute Gasteiger partial charge is 0.497 e. The van der Waals surface area contributed by atoms with Crippen molar-refractivity contribution >= 4 is 38.6 Å². The third-order valence-electron chi connectivity index (χ3n) is 6.32. The normalized spacial score (nSPS) is 14.9. The van der Waals surface area contributed by atoms with Crippen molar-refractivity contribution in [2.75, 3.05) is 33.6 Å². The molecule has 0 saturated carbocycles. The van der Waals surface area contributed by atoms with Crippen LogP contribution in [0.5, 0.6) is 11.5 Å². The number of carbonyl (C=O) groups excluding carboxylic acids is 1. The van der Waals surface area contributed by atoms with Crippen LogP contribution in [0.2, 0.25) is 5.02 Å². The number of rotatable bonds is 5. The fourth-order valence-electron chi connectivity index (χ4n) is 4.48. The molecule has 0 unspecified atom stereocenters. The van der Waals surface area contributed by atoms with Gasteiger partial charge in [-0.2, -0.15) is 4.98 Å². The number of sulfone groups is 1. The molecule has 0 radical (unpaired) electrons. The Hall–Kier alpha value is -3.38. The molecule has 3 heterocycles. The number of likely N-dealkylation sites (tertiary alicyclic amines) is 1. The van der Waals surface area contributed by atoms with Gasteiger partial charge in [-0.05, 0) is 45.7 Å². The molecule has 1 aliphatic rings. The highest BCUT2D eigenvalue weighted by Crippen LogP contribution is 2.39. The number of ether oxygens (including phenoxy) is 3. The minimum atomic E-state index is -3.74. The standard InChI is InChI=1S/C26H31ClN4O7S/c1-26(2,3)38-25(33)30-9-7-16(8-10-30)31-22-15(14-28-24(29-22)39(6,34)35)11-19(23(31)32)18-12-17(36-4)13-20(37-5)21(18)27/h11-14,16H,7-10H2,1-6H3. The van der Waals surface area contributed by atoms with E-state index in [0.717, 1.165) is 6.26 Å². The molecule has 1 fully saturated rings. The zero-order valence-corrected chi connectivity index (χ0v) is 24.2. The Kier molecular flexibility index (Phi) is 7.82. The van der Waals surface area contributed by atoms with Gasteiger partial charge < -0.3 is 19.1 Å². The van der Waals surface area contributed by atoms with Crippen molar-refractivity contribution in [1.82, 2.24) is 19.4 Å². The number of carbonyl (C=O) groups is 1. The van der Waals surface area contributed by atoms with E-state index >= 15 is 0 Å². The number of pyridine rings is 1. The van der Waals surface area contributed by atoms with Gasteiger partial charge in [-0.3, -0.25) is 9.36 Å². The molecule has 4 rings (SSSR count). The molecular weight excluding hydrogens is 548 g/mol. The molecule has 0 aliphatic carbocycles. The van der Waals surface area contributed by atoms with Gasteiger partial charge in [0.15, 0.2) is 0 Å². The van der Waals surface area contributed by atoms with E-state index in [0.29, 0.717) is 48.4 Å². The molecular formula is C26H31ClN4O7S. The third kappa shape index (κ3) is 5.96. The third-order valence-corrected chi connectivity index (χ3v) is 7.57. The van der Waals surface area contributed by atoms with Crippen molar-refractivity contribution in [2.45, 2.75) is 50.4 Å². The Morgan fingerprint density at radius 1 is 1.08 bits per heavy atom. The number of methoxy groups -OCH3 is 2. The van der Waals surface area contributed by atoms with Gasteiger partial charge >= 0.3 is 6.09 Å². The second-order valence-electron chi connectivity index (χ2n) is 10.3. The summed E-state index contributed by atoms with van der Waals surface area (Å²) in [5, 5.41) is 0.280. The number of benzene rings is 1. The maximum absolute atomic E-state index is 14.1. The molecule has 1 aromatic carbocycles. The lowest BCUT2D eigenvalue weighted by atomic mass is 10.0. The van der Waals surface area contributed by atoms with Crippen molar-refractivity contribution < 1.29 is 27.4 Å². The van der Waals surface area contributed by atoms with Crippen LogP contribution in [0, 0.1) is 0 Å². The molecule has 0 N–H and O–H groups in total. The van der Waals surface area contributed by atoms with Crippen LogP contribution in [0.3, 0.4) is 0 Å². The summed E-state index contributed by atoms with van der Waals surface area (Å²) in [4.78, 5) is 36.6. The number of hydrogen-bond acceptors (Lipinski definition) is 9. The van der Waals surface area contributed by atoms with E-state index in [-0.39, 0.29) is 27.4 Å². The summed E-state index contributed by atoms with van der Waals surface area (Å²) in [6, 6.07) is 4.44. The van der Waals surface area contributed by atoms with Gasteiger partial charge in [-0.15, -0.1) is 0 Å². The highest BCUT2D eigenvalue weighted by molar-refractivity contribution is 7.90. The molecule has 0 spiro atoms. The van der Waals surface area contributed by atoms with Gasteiger partial charge in [-0.25, -0.2) is 18.2 Å². The topological polar surface area (TPSA) is 130 Å². The van der Waals surface area contributed by atoms with Gasteiger partial charge in [0.25, 0.3) is 5.56 Å². The lowest BCUT2D eigenvalue weighted by Gasteiger charge is -2.34. The fraction of sp³-hybridized carbons (Fsp3) is 0.462. The predicted octanol–water partition coefficient (Wildman–Crippen LogP) is 4.10. The average molecular weight is 579 g/mol. The quantitative estimate of drug-likeness (QED) is 0.411. The number of nitrogens with zero attached hydrogens (tertiary/aromatic N) is 4. The van der Waals surface area contributed by atoms with Crippen LogP contribution in [0.15, 0.2) is 34.3 Å². The maximum atomic E-state index is 14.1. The molecule has 2 aromatic heterocycles. The monoisotopic (exact) mass is 578 g/mol. The minimum Gasteiger partial charge on any atom is -0.497 e. The highest BCUT2D eigenvalue weighted by Gasteiger charge is 2.30. The Labute approximate surface area is 231 Å². The summed E-state index contributed by atoms with van der Waals surface area (Å²) in [5.74, 6) is 0.762. The number of amides is 1. The van der Waals surface area contributed by atoms with E-state index in [4.69, 9.17) is 25.8 Å². The van der Waals surface area contributed by atoms with Crippen molar-refractivity contribution in [3.63, 3.8) is 0 Å². The van der Waals surface area contributed by atoms with Crippen LogP contribution in [0.25, 0.3) is 22.2 Å². The van der Waals surface area contributed by atoms with Crippen molar-refractivity contribution in [3.05, 3.63) is 39.8 Å². The number of piperidine rings is 1. The highest BCUT2D eigenvalue weighted by atomic mass is 35.5. The zero-order valence-electron chi connectivity index (χ0n) is 22.6. The Morgan fingerprint density at radius 2 is 1.74 bits per heavy atom. The van der Waals surface area contributed by atoms with Crippen LogP contribution in [-0.2, 0) is 14.6 Å². The second-order valence-corrected chi connectivity index (χ2v) is 12.6. The van der Waals surface area contributed by atoms with E-state index in [9.17, 15) is 18.0 Å².